The summed E-state index contributed by atoms with van der Waals surface area (Å²) >= 11 is 0. The molecule has 6 nitrogen and oxygen atoms in total. The summed E-state index contributed by atoms with van der Waals surface area (Å²) in [4.78, 5) is 32.2. The summed E-state index contributed by atoms with van der Waals surface area (Å²) in [7, 11) is 0. The van der Waals surface area contributed by atoms with Crippen molar-refractivity contribution in [3.63, 3.8) is 0 Å². The number of nitrogens with zero attached hydrogens (tertiary/aromatic N) is 1. The number of nitrogens with one attached hydrogen (secondary N) is 3. The number of benzene rings is 1. The first-order valence-electron chi connectivity index (χ1n) is 8.26. The van der Waals surface area contributed by atoms with Gasteiger partial charge in [-0.1, -0.05) is 51.1 Å². The smallest absolute Gasteiger partial charge is 0.268 e. The van der Waals surface area contributed by atoms with Gasteiger partial charge in [-0.05, 0) is 11.6 Å². The number of hydrogen-bond donors (Lipinski definition) is 3. The number of carbonyl (C=O) groups is 2. The van der Waals surface area contributed by atoms with E-state index in [9.17, 15) is 9.59 Å². The van der Waals surface area contributed by atoms with Crippen molar-refractivity contribution in [3.8, 4) is 0 Å². The SMILES string of the molecule is CC(C)(C)c1nc[nH]c1CC1NC(=O)/C(=C/c2ccccc2)NC1=O. The van der Waals surface area contributed by atoms with Gasteiger partial charge in [-0.15, -0.1) is 0 Å². The number of piperazine rings is 1. The van der Waals surface area contributed by atoms with E-state index in [4.69, 9.17) is 0 Å². The van der Waals surface area contributed by atoms with Crippen molar-refractivity contribution in [3.05, 3.63) is 59.3 Å². The predicted octanol–water partition coefficient (Wildman–Crippen LogP) is 1.91. The molecule has 1 aromatic carbocycles. The second-order valence-electron chi connectivity index (χ2n) is 7.17. The van der Waals surface area contributed by atoms with E-state index in [0.29, 0.717) is 6.42 Å². The van der Waals surface area contributed by atoms with Crippen LogP contribution in [0.2, 0.25) is 0 Å². The molecule has 1 saturated heterocycles. The average molecular weight is 338 g/mol. The van der Waals surface area contributed by atoms with E-state index in [1.807, 2.05) is 30.3 Å². The van der Waals surface area contributed by atoms with Gasteiger partial charge in [0.1, 0.15) is 11.7 Å². The minimum Gasteiger partial charge on any atom is -0.348 e. The lowest BCUT2D eigenvalue weighted by Gasteiger charge is -2.26. The molecule has 1 fully saturated rings. The molecule has 1 aliphatic rings. The molecule has 1 aliphatic heterocycles. The van der Waals surface area contributed by atoms with E-state index in [0.717, 1.165) is 17.0 Å². The van der Waals surface area contributed by atoms with E-state index in [2.05, 4.69) is 41.4 Å². The maximum absolute atomic E-state index is 12.4. The molecule has 3 rings (SSSR count). The Bertz CT molecular complexity index is 815. The molecule has 1 aromatic heterocycles. The van der Waals surface area contributed by atoms with Gasteiger partial charge in [0.05, 0.1) is 12.0 Å². The maximum atomic E-state index is 12.4. The van der Waals surface area contributed by atoms with E-state index >= 15 is 0 Å². The highest BCUT2D eigenvalue weighted by molar-refractivity contribution is 6.07. The molecule has 0 radical (unpaired) electrons. The van der Waals surface area contributed by atoms with Gasteiger partial charge in [0.15, 0.2) is 0 Å². The summed E-state index contributed by atoms with van der Waals surface area (Å²) in [6.07, 6.45) is 3.67. The first-order valence-corrected chi connectivity index (χ1v) is 8.26. The van der Waals surface area contributed by atoms with Crippen molar-refractivity contribution in [2.45, 2.75) is 38.6 Å². The van der Waals surface area contributed by atoms with Crippen LogP contribution in [-0.4, -0.2) is 27.8 Å². The Hall–Kier alpha value is -2.89. The van der Waals surface area contributed by atoms with E-state index in [-0.39, 0.29) is 22.9 Å². The molecule has 1 atom stereocenters. The number of rotatable bonds is 3. The summed E-state index contributed by atoms with van der Waals surface area (Å²) in [6, 6.07) is 8.78. The Morgan fingerprint density at radius 3 is 2.56 bits per heavy atom. The van der Waals surface area contributed by atoms with Crippen molar-refractivity contribution in [2.24, 2.45) is 0 Å². The van der Waals surface area contributed by atoms with Crippen LogP contribution in [-0.2, 0) is 21.4 Å². The second-order valence-corrected chi connectivity index (χ2v) is 7.17. The highest BCUT2D eigenvalue weighted by Crippen LogP contribution is 2.24. The van der Waals surface area contributed by atoms with Crippen LogP contribution >= 0.6 is 0 Å². The monoisotopic (exact) mass is 338 g/mol. The Kier molecular flexibility index (Phi) is 4.44. The largest absolute Gasteiger partial charge is 0.348 e. The first-order chi connectivity index (χ1) is 11.8. The third-order valence-corrected chi connectivity index (χ3v) is 4.07. The summed E-state index contributed by atoms with van der Waals surface area (Å²) in [6.45, 7) is 6.19. The van der Waals surface area contributed by atoms with Crippen LogP contribution in [0.4, 0.5) is 0 Å². The van der Waals surface area contributed by atoms with Gasteiger partial charge in [0, 0.05) is 17.5 Å². The quantitative estimate of drug-likeness (QED) is 0.747. The Labute approximate surface area is 146 Å². The number of aromatic nitrogens is 2. The third kappa shape index (κ3) is 3.79. The highest BCUT2D eigenvalue weighted by atomic mass is 16.2. The molecule has 2 heterocycles. The number of carbonyl (C=O) groups excluding carboxylic acids is 2. The van der Waals surface area contributed by atoms with Crippen molar-refractivity contribution in [1.82, 2.24) is 20.6 Å². The third-order valence-electron chi connectivity index (χ3n) is 4.07. The zero-order valence-electron chi connectivity index (χ0n) is 14.6. The summed E-state index contributed by atoms with van der Waals surface area (Å²) in [5.41, 5.74) is 2.75. The maximum Gasteiger partial charge on any atom is 0.268 e. The molecule has 25 heavy (non-hydrogen) atoms. The summed E-state index contributed by atoms with van der Waals surface area (Å²) < 4.78 is 0. The van der Waals surface area contributed by atoms with E-state index < -0.39 is 6.04 Å². The normalized spacial score (nSPS) is 19.6. The fraction of sp³-hybridized carbons (Fsp3) is 0.316. The number of imidazole rings is 1. The zero-order valence-corrected chi connectivity index (χ0v) is 14.6. The Morgan fingerprint density at radius 2 is 1.88 bits per heavy atom. The van der Waals surface area contributed by atoms with Gasteiger partial charge in [-0.2, -0.15) is 0 Å². The molecular formula is C19H22N4O2. The molecular weight excluding hydrogens is 316 g/mol. The molecule has 130 valence electrons. The second kappa shape index (κ2) is 6.55. The van der Waals surface area contributed by atoms with Crippen molar-refractivity contribution < 1.29 is 9.59 Å². The van der Waals surface area contributed by atoms with Gasteiger partial charge < -0.3 is 15.6 Å². The average Bonchev–Trinajstić information content (AvgIpc) is 3.02. The summed E-state index contributed by atoms with van der Waals surface area (Å²) in [5, 5.41) is 5.50. The molecule has 2 amide bonds. The highest BCUT2D eigenvalue weighted by Gasteiger charge is 2.32. The van der Waals surface area contributed by atoms with Gasteiger partial charge in [-0.3, -0.25) is 9.59 Å². The van der Waals surface area contributed by atoms with Crippen molar-refractivity contribution >= 4 is 17.9 Å². The minimum atomic E-state index is -0.623. The van der Waals surface area contributed by atoms with Crippen LogP contribution in [0.1, 0.15) is 37.7 Å². The van der Waals surface area contributed by atoms with Gasteiger partial charge in [-0.25, -0.2) is 4.98 Å². The molecule has 0 spiro atoms. The molecule has 1 unspecified atom stereocenters. The first kappa shape index (κ1) is 17.0. The molecule has 2 aromatic rings. The van der Waals surface area contributed by atoms with Gasteiger partial charge in [0.2, 0.25) is 5.91 Å². The Morgan fingerprint density at radius 1 is 1.16 bits per heavy atom. The lowest BCUT2D eigenvalue weighted by Crippen LogP contribution is -2.55. The fourth-order valence-corrected chi connectivity index (χ4v) is 2.87. The minimum absolute atomic E-state index is 0.136. The molecule has 0 aliphatic carbocycles. The van der Waals surface area contributed by atoms with Gasteiger partial charge in [0.25, 0.3) is 5.91 Å². The fourth-order valence-electron chi connectivity index (χ4n) is 2.87. The van der Waals surface area contributed by atoms with Crippen LogP contribution in [0.5, 0.6) is 0 Å². The number of hydrogen-bond acceptors (Lipinski definition) is 3. The van der Waals surface area contributed by atoms with E-state index in [1.54, 1.807) is 12.4 Å². The summed E-state index contributed by atoms with van der Waals surface area (Å²) in [5.74, 6) is -0.512. The standard InChI is InChI=1S/C19H22N4O2/c1-19(2,3)16-13(20-11-21-16)10-15-18(25)22-14(17(24)23-15)9-12-7-5-4-6-8-12/h4-9,11,15H,10H2,1-3H3,(H,20,21)(H,22,25)(H,23,24)/b14-9-. The van der Waals surface area contributed by atoms with E-state index in [1.165, 1.54) is 0 Å². The molecule has 6 heteroatoms. The lowest BCUT2D eigenvalue weighted by molar-refractivity contribution is -0.131. The number of amides is 2. The Balaban J connectivity index is 1.76. The number of aromatic amines is 1. The molecule has 0 saturated carbocycles. The zero-order chi connectivity index (χ0) is 18.0. The van der Waals surface area contributed by atoms with Crippen LogP contribution in [0, 0.1) is 0 Å². The van der Waals surface area contributed by atoms with Crippen LogP contribution in [0.25, 0.3) is 6.08 Å². The topological polar surface area (TPSA) is 86.9 Å². The van der Waals surface area contributed by atoms with Crippen molar-refractivity contribution in [1.29, 1.82) is 0 Å². The van der Waals surface area contributed by atoms with Crippen molar-refractivity contribution in [2.75, 3.05) is 0 Å². The van der Waals surface area contributed by atoms with Gasteiger partial charge >= 0.3 is 0 Å². The van der Waals surface area contributed by atoms with Crippen LogP contribution in [0.3, 0.4) is 0 Å². The molecule has 3 N–H and O–H groups in total. The number of H-pyrrole nitrogens is 1. The molecule has 0 bridgehead atoms. The van der Waals surface area contributed by atoms with Crippen LogP contribution < -0.4 is 10.6 Å². The predicted molar refractivity (Wildman–Crippen MR) is 95.5 cm³/mol. The van der Waals surface area contributed by atoms with Crippen LogP contribution in [0.15, 0.2) is 42.4 Å². The lowest BCUT2D eigenvalue weighted by atomic mass is 9.89.